The van der Waals surface area contributed by atoms with Crippen LogP contribution in [0.3, 0.4) is 0 Å². The van der Waals surface area contributed by atoms with Crippen LogP contribution in [0.5, 0.6) is 0 Å². The molecule has 1 aromatic heterocycles. The van der Waals surface area contributed by atoms with Crippen molar-refractivity contribution in [1.82, 2.24) is 20.4 Å². The monoisotopic (exact) mass is 358 g/mol. The van der Waals surface area contributed by atoms with E-state index >= 15 is 0 Å². The van der Waals surface area contributed by atoms with Gasteiger partial charge in [-0.1, -0.05) is 23.4 Å². The minimum Gasteiger partial charge on any atom is -0.339 e. The van der Waals surface area contributed by atoms with Crippen LogP contribution in [0.15, 0.2) is 33.7 Å². The molecule has 2 aliphatic rings. The van der Waals surface area contributed by atoms with E-state index < -0.39 is 0 Å². The number of urea groups is 1. The summed E-state index contributed by atoms with van der Waals surface area (Å²) < 4.78 is 5.31. The molecular formula is C18H22N4O2S. The number of aromatic nitrogens is 2. The van der Waals surface area contributed by atoms with Crippen LogP contribution in [0.2, 0.25) is 0 Å². The molecule has 4 rings (SSSR count). The number of carbonyl (C=O) groups excluding carboxylic acids is 1. The molecule has 25 heavy (non-hydrogen) atoms. The van der Waals surface area contributed by atoms with Gasteiger partial charge in [-0.05, 0) is 37.8 Å². The Bertz CT molecular complexity index is 763. The second-order valence-electron chi connectivity index (χ2n) is 6.64. The quantitative estimate of drug-likeness (QED) is 0.889. The molecule has 7 heteroatoms. The summed E-state index contributed by atoms with van der Waals surface area (Å²) in [7, 11) is 0. The molecule has 1 N–H and O–H groups in total. The zero-order valence-electron chi connectivity index (χ0n) is 14.3. The van der Waals surface area contributed by atoms with Gasteiger partial charge >= 0.3 is 6.03 Å². The molecule has 0 radical (unpaired) electrons. The topological polar surface area (TPSA) is 71.3 Å². The van der Waals surface area contributed by atoms with Crippen LogP contribution in [0, 0.1) is 6.92 Å². The van der Waals surface area contributed by atoms with E-state index in [1.165, 1.54) is 10.5 Å². The predicted molar refractivity (Wildman–Crippen MR) is 95.6 cm³/mol. The summed E-state index contributed by atoms with van der Waals surface area (Å²) in [5, 5.41) is 7.10. The van der Waals surface area contributed by atoms with Gasteiger partial charge in [0.2, 0.25) is 5.89 Å². The molecule has 0 bridgehead atoms. The highest BCUT2D eigenvalue weighted by Gasteiger charge is 2.30. The SMILES string of the molecule is Cc1noc(C2CCCN(C(=O)NC3CCSc4ccccc43)C2)n1. The lowest BCUT2D eigenvalue weighted by molar-refractivity contribution is 0.168. The second-order valence-corrected chi connectivity index (χ2v) is 7.78. The fourth-order valence-electron chi connectivity index (χ4n) is 3.57. The molecule has 2 aromatic rings. The molecule has 1 saturated heterocycles. The summed E-state index contributed by atoms with van der Waals surface area (Å²) in [6.45, 7) is 3.23. The molecule has 1 aromatic carbocycles. The first kappa shape index (κ1) is 16.4. The molecule has 1 fully saturated rings. The summed E-state index contributed by atoms with van der Waals surface area (Å²) in [5.74, 6) is 2.46. The number of likely N-dealkylation sites (tertiary alicyclic amines) is 1. The number of hydrogen-bond donors (Lipinski definition) is 1. The first-order valence-corrected chi connectivity index (χ1v) is 9.76. The van der Waals surface area contributed by atoms with Crippen LogP contribution in [-0.4, -0.2) is 39.9 Å². The summed E-state index contributed by atoms with van der Waals surface area (Å²) in [6, 6.07) is 8.44. The second kappa shape index (κ2) is 7.07. The molecule has 0 aliphatic carbocycles. The van der Waals surface area contributed by atoms with Crippen molar-refractivity contribution in [2.24, 2.45) is 0 Å². The van der Waals surface area contributed by atoms with E-state index in [9.17, 15) is 4.79 Å². The van der Waals surface area contributed by atoms with Crippen molar-refractivity contribution >= 4 is 17.8 Å². The molecule has 6 nitrogen and oxygen atoms in total. The Hall–Kier alpha value is -2.02. The third-order valence-electron chi connectivity index (χ3n) is 4.86. The van der Waals surface area contributed by atoms with Gasteiger partial charge in [-0.2, -0.15) is 4.98 Å². The number of rotatable bonds is 2. The highest BCUT2D eigenvalue weighted by atomic mass is 32.2. The van der Waals surface area contributed by atoms with E-state index in [4.69, 9.17) is 4.52 Å². The zero-order valence-corrected chi connectivity index (χ0v) is 15.1. The van der Waals surface area contributed by atoms with Crippen molar-refractivity contribution in [3.8, 4) is 0 Å². The number of nitrogens with one attached hydrogen (secondary N) is 1. The van der Waals surface area contributed by atoms with E-state index in [1.807, 2.05) is 29.7 Å². The summed E-state index contributed by atoms with van der Waals surface area (Å²) >= 11 is 1.86. The van der Waals surface area contributed by atoms with Crippen molar-refractivity contribution in [2.75, 3.05) is 18.8 Å². The van der Waals surface area contributed by atoms with Gasteiger partial charge in [-0.25, -0.2) is 4.79 Å². The van der Waals surface area contributed by atoms with Crippen LogP contribution in [0.4, 0.5) is 4.79 Å². The van der Waals surface area contributed by atoms with Crippen molar-refractivity contribution < 1.29 is 9.32 Å². The molecule has 3 heterocycles. The number of thioether (sulfide) groups is 1. The smallest absolute Gasteiger partial charge is 0.317 e. The Morgan fingerprint density at radius 1 is 1.36 bits per heavy atom. The fraction of sp³-hybridized carbons (Fsp3) is 0.500. The average Bonchev–Trinajstić information content (AvgIpc) is 3.09. The van der Waals surface area contributed by atoms with Gasteiger partial charge in [0.05, 0.1) is 12.0 Å². The van der Waals surface area contributed by atoms with E-state index in [0.717, 1.165) is 31.6 Å². The highest BCUT2D eigenvalue weighted by Crippen LogP contribution is 2.36. The molecule has 0 spiro atoms. The number of nitrogens with zero attached hydrogens (tertiary/aromatic N) is 3. The first-order chi connectivity index (χ1) is 12.2. The molecular weight excluding hydrogens is 336 g/mol. The third-order valence-corrected chi connectivity index (χ3v) is 5.98. The first-order valence-electron chi connectivity index (χ1n) is 8.78. The minimum atomic E-state index is 0.00707. The van der Waals surface area contributed by atoms with Gasteiger partial charge < -0.3 is 14.7 Å². The van der Waals surface area contributed by atoms with Gasteiger partial charge in [0.1, 0.15) is 0 Å². The normalized spacial score (nSPS) is 23.2. The Balaban J connectivity index is 1.43. The van der Waals surface area contributed by atoms with Gasteiger partial charge in [-0.3, -0.25) is 0 Å². The Labute approximate surface area is 151 Å². The number of fused-ring (bicyclic) bond motifs is 1. The van der Waals surface area contributed by atoms with E-state index in [1.54, 1.807) is 0 Å². The summed E-state index contributed by atoms with van der Waals surface area (Å²) in [4.78, 5) is 20.3. The predicted octanol–water partition coefficient (Wildman–Crippen LogP) is 3.50. The number of hydrogen-bond acceptors (Lipinski definition) is 5. The fourth-order valence-corrected chi connectivity index (χ4v) is 4.70. The minimum absolute atomic E-state index is 0.00707. The summed E-state index contributed by atoms with van der Waals surface area (Å²) in [6.07, 6.45) is 2.90. The maximum absolute atomic E-state index is 12.8. The number of piperidine rings is 1. The lowest BCUT2D eigenvalue weighted by atomic mass is 9.98. The third kappa shape index (κ3) is 3.51. The number of aryl methyl sites for hydroxylation is 1. The molecule has 2 atom stereocenters. The number of benzene rings is 1. The maximum Gasteiger partial charge on any atom is 0.317 e. The Kier molecular flexibility index (Phi) is 4.65. The zero-order chi connectivity index (χ0) is 17.2. The van der Waals surface area contributed by atoms with E-state index in [-0.39, 0.29) is 18.0 Å². The summed E-state index contributed by atoms with van der Waals surface area (Å²) in [5.41, 5.74) is 1.23. The van der Waals surface area contributed by atoms with Crippen LogP contribution in [-0.2, 0) is 0 Å². The van der Waals surface area contributed by atoms with Crippen molar-refractivity contribution in [3.63, 3.8) is 0 Å². The molecule has 2 unspecified atom stereocenters. The molecule has 0 saturated carbocycles. The van der Waals surface area contributed by atoms with E-state index in [2.05, 4.69) is 33.7 Å². The Morgan fingerprint density at radius 3 is 3.08 bits per heavy atom. The van der Waals surface area contributed by atoms with Crippen LogP contribution < -0.4 is 5.32 Å². The van der Waals surface area contributed by atoms with Crippen molar-refractivity contribution in [3.05, 3.63) is 41.5 Å². The van der Waals surface area contributed by atoms with Gasteiger partial charge in [0.25, 0.3) is 0 Å². The molecule has 2 aliphatic heterocycles. The average molecular weight is 358 g/mol. The van der Waals surface area contributed by atoms with Crippen molar-refractivity contribution in [1.29, 1.82) is 0 Å². The number of carbonyl (C=O) groups is 1. The van der Waals surface area contributed by atoms with E-state index in [0.29, 0.717) is 18.3 Å². The van der Waals surface area contributed by atoms with Gasteiger partial charge in [0.15, 0.2) is 5.82 Å². The van der Waals surface area contributed by atoms with Crippen LogP contribution in [0.1, 0.15) is 48.5 Å². The molecule has 132 valence electrons. The van der Waals surface area contributed by atoms with Crippen LogP contribution in [0.25, 0.3) is 0 Å². The number of amides is 2. The maximum atomic E-state index is 12.8. The highest BCUT2D eigenvalue weighted by molar-refractivity contribution is 7.99. The lowest BCUT2D eigenvalue weighted by Crippen LogP contribution is -2.46. The lowest BCUT2D eigenvalue weighted by Gasteiger charge is -2.33. The molecule has 2 amide bonds. The van der Waals surface area contributed by atoms with Crippen LogP contribution >= 0.6 is 11.8 Å². The van der Waals surface area contributed by atoms with Gasteiger partial charge in [0, 0.05) is 23.7 Å². The standard InChI is InChI=1S/C18H22N4O2S/c1-12-19-17(24-21-12)13-5-4-9-22(11-13)18(23)20-15-8-10-25-16-7-3-2-6-14(15)16/h2-3,6-7,13,15H,4-5,8-11H2,1H3,(H,20,23). The largest absolute Gasteiger partial charge is 0.339 e. The van der Waals surface area contributed by atoms with Crippen molar-refractivity contribution in [2.45, 2.75) is 43.0 Å². The Morgan fingerprint density at radius 2 is 2.24 bits per heavy atom. The van der Waals surface area contributed by atoms with Gasteiger partial charge in [-0.15, -0.1) is 11.8 Å².